The highest BCUT2D eigenvalue weighted by Crippen LogP contribution is 2.21. The fraction of sp³-hybridized carbons (Fsp3) is 0.304. The molecular formula is C23H27N3O4S. The van der Waals surface area contributed by atoms with Crippen molar-refractivity contribution in [2.45, 2.75) is 50.2 Å². The number of carbonyl (C=O) groups excluding carboxylic acids is 1. The van der Waals surface area contributed by atoms with Gasteiger partial charge in [-0.2, -0.15) is 0 Å². The number of hydrogen-bond acceptors (Lipinski definition) is 5. The van der Waals surface area contributed by atoms with Crippen LogP contribution in [0.1, 0.15) is 38.2 Å². The van der Waals surface area contributed by atoms with Gasteiger partial charge in [0.05, 0.1) is 12.1 Å². The Kier molecular flexibility index (Phi) is 8.11. The minimum Gasteiger partial charge on any atom is -0.273 e. The summed E-state index contributed by atoms with van der Waals surface area (Å²) in [5.74, 6) is -0.379. The Labute approximate surface area is 182 Å². The van der Waals surface area contributed by atoms with Crippen LogP contribution in [-0.2, 0) is 26.3 Å². The molecule has 31 heavy (non-hydrogen) atoms. The summed E-state index contributed by atoms with van der Waals surface area (Å²) in [5.41, 5.74) is 3.74. The first kappa shape index (κ1) is 22.9. The minimum absolute atomic E-state index is 0.0216. The van der Waals surface area contributed by atoms with Crippen molar-refractivity contribution in [2.75, 3.05) is 0 Å². The number of fused-ring (bicyclic) bond motifs is 1. The van der Waals surface area contributed by atoms with Crippen molar-refractivity contribution < 1.29 is 18.0 Å². The SMILES string of the molecule is CCCC[C@@H](CC(=O)NOCc1ccccc1)NS(=O)(=O)c1cccc2cccnc12. The fourth-order valence-electron chi connectivity index (χ4n) is 3.27. The van der Waals surface area contributed by atoms with E-state index >= 15 is 0 Å². The molecule has 2 aromatic carbocycles. The zero-order valence-electron chi connectivity index (χ0n) is 17.5. The van der Waals surface area contributed by atoms with Crippen LogP contribution in [0.4, 0.5) is 0 Å². The van der Waals surface area contributed by atoms with Gasteiger partial charge in [0, 0.05) is 24.0 Å². The maximum absolute atomic E-state index is 13.1. The van der Waals surface area contributed by atoms with Gasteiger partial charge in [-0.1, -0.05) is 68.3 Å². The van der Waals surface area contributed by atoms with Crippen molar-refractivity contribution >= 4 is 26.8 Å². The molecule has 0 bridgehead atoms. The number of sulfonamides is 1. The van der Waals surface area contributed by atoms with E-state index in [1.807, 2.05) is 49.4 Å². The van der Waals surface area contributed by atoms with Crippen LogP contribution >= 0.6 is 0 Å². The Bertz CT molecular complexity index is 1100. The van der Waals surface area contributed by atoms with Gasteiger partial charge in [0.2, 0.25) is 15.9 Å². The van der Waals surface area contributed by atoms with Crippen molar-refractivity contribution in [3.8, 4) is 0 Å². The molecule has 2 N–H and O–H groups in total. The van der Waals surface area contributed by atoms with Gasteiger partial charge >= 0.3 is 0 Å². The molecule has 0 aliphatic heterocycles. The molecule has 0 spiro atoms. The number of amides is 1. The molecule has 1 atom stereocenters. The number of aromatic nitrogens is 1. The van der Waals surface area contributed by atoms with Gasteiger partial charge in [-0.3, -0.25) is 14.6 Å². The summed E-state index contributed by atoms with van der Waals surface area (Å²) in [5, 5.41) is 0.738. The van der Waals surface area contributed by atoms with E-state index in [9.17, 15) is 13.2 Å². The Morgan fingerprint density at radius 3 is 2.61 bits per heavy atom. The Hall–Kier alpha value is -2.81. The lowest BCUT2D eigenvalue weighted by Gasteiger charge is -2.19. The first-order valence-electron chi connectivity index (χ1n) is 10.3. The smallest absolute Gasteiger partial charge is 0.245 e. The zero-order chi connectivity index (χ0) is 22.1. The third-order valence-electron chi connectivity index (χ3n) is 4.81. The standard InChI is InChI=1S/C23H27N3O4S/c1-2-3-13-20(16-22(27)25-30-17-18-9-5-4-6-10-18)26-31(28,29)21-14-7-11-19-12-8-15-24-23(19)21/h4-12,14-15,20,26H,2-3,13,16-17H2,1H3,(H,25,27)/t20-/m0/s1. The van der Waals surface area contributed by atoms with Gasteiger partial charge in [-0.25, -0.2) is 18.6 Å². The molecule has 3 aromatic rings. The molecule has 1 amide bonds. The van der Waals surface area contributed by atoms with Crippen molar-refractivity contribution in [1.29, 1.82) is 0 Å². The molecule has 0 saturated heterocycles. The third kappa shape index (κ3) is 6.58. The second-order valence-corrected chi connectivity index (χ2v) is 8.98. The highest BCUT2D eigenvalue weighted by Gasteiger charge is 2.24. The van der Waals surface area contributed by atoms with Crippen LogP contribution in [0, 0.1) is 0 Å². The highest BCUT2D eigenvalue weighted by molar-refractivity contribution is 7.89. The topological polar surface area (TPSA) is 97.4 Å². The number of nitrogens with one attached hydrogen (secondary N) is 2. The largest absolute Gasteiger partial charge is 0.273 e. The molecule has 1 aromatic heterocycles. The van der Waals surface area contributed by atoms with E-state index in [0.717, 1.165) is 23.8 Å². The minimum atomic E-state index is -3.86. The van der Waals surface area contributed by atoms with Crippen LogP contribution in [0.25, 0.3) is 10.9 Å². The maximum Gasteiger partial charge on any atom is 0.245 e. The van der Waals surface area contributed by atoms with E-state index < -0.39 is 16.1 Å². The third-order valence-corrected chi connectivity index (χ3v) is 6.36. The Balaban J connectivity index is 1.66. The first-order valence-corrected chi connectivity index (χ1v) is 11.8. The van der Waals surface area contributed by atoms with Crippen molar-refractivity contribution in [1.82, 2.24) is 15.2 Å². The van der Waals surface area contributed by atoms with Crippen LogP contribution in [-0.4, -0.2) is 25.4 Å². The number of hydrogen-bond donors (Lipinski definition) is 2. The number of benzene rings is 2. The van der Waals surface area contributed by atoms with E-state index in [1.165, 1.54) is 6.07 Å². The quantitative estimate of drug-likeness (QED) is 0.442. The van der Waals surface area contributed by atoms with Gasteiger partial charge in [0.15, 0.2) is 0 Å². The van der Waals surface area contributed by atoms with Gasteiger partial charge in [0.25, 0.3) is 0 Å². The lowest BCUT2D eigenvalue weighted by Crippen LogP contribution is -2.39. The van der Waals surface area contributed by atoms with Gasteiger partial charge in [-0.15, -0.1) is 0 Å². The normalized spacial score (nSPS) is 12.5. The molecule has 3 rings (SSSR count). The van der Waals surface area contributed by atoms with Gasteiger partial charge in [0.1, 0.15) is 4.90 Å². The van der Waals surface area contributed by atoms with Gasteiger partial charge in [-0.05, 0) is 24.1 Å². The van der Waals surface area contributed by atoms with Crippen LogP contribution in [0.3, 0.4) is 0 Å². The Morgan fingerprint density at radius 2 is 1.84 bits per heavy atom. The van der Waals surface area contributed by atoms with Crippen molar-refractivity contribution in [3.63, 3.8) is 0 Å². The molecule has 1 heterocycles. The number of nitrogens with zero attached hydrogens (tertiary/aromatic N) is 1. The predicted octanol–water partition coefficient (Wildman–Crippen LogP) is 3.71. The number of unbranched alkanes of at least 4 members (excludes halogenated alkanes) is 1. The highest BCUT2D eigenvalue weighted by atomic mass is 32.2. The number of rotatable bonds is 11. The molecule has 0 unspecified atom stereocenters. The zero-order valence-corrected chi connectivity index (χ0v) is 18.3. The second kappa shape index (κ2) is 11.0. The summed E-state index contributed by atoms with van der Waals surface area (Å²) < 4.78 is 28.9. The molecular weight excluding hydrogens is 414 g/mol. The van der Waals surface area contributed by atoms with Crippen LogP contribution < -0.4 is 10.2 Å². The second-order valence-electron chi connectivity index (χ2n) is 7.30. The molecule has 0 aliphatic carbocycles. The summed E-state index contributed by atoms with van der Waals surface area (Å²) in [7, 11) is -3.86. The van der Waals surface area contributed by atoms with E-state index in [2.05, 4.69) is 15.2 Å². The van der Waals surface area contributed by atoms with Crippen LogP contribution in [0.15, 0.2) is 71.8 Å². The summed E-state index contributed by atoms with van der Waals surface area (Å²) in [6.45, 7) is 2.25. The van der Waals surface area contributed by atoms with Crippen LogP contribution in [0.5, 0.6) is 0 Å². The summed E-state index contributed by atoms with van der Waals surface area (Å²) in [6.07, 6.45) is 3.76. The van der Waals surface area contributed by atoms with Gasteiger partial charge < -0.3 is 0 Å². The van der Waals surface area contributed by atoms with Crippen LogP contribution in [0.2, 0.25) is 0 Å². The lowest BCUT2D eigenvalue weighted by molar-refractivity contribution is -0.135. The number of para-hydroxylation sites is 1. The van der Waals surface area contributed by atoms with Crippen molar-refractivity contribution in [2.24, 2.45) is 0 Å². The molecule has 7 nitrogen and oxygen atoms in total. The molecule has 0 fully saturated rings. The van der Waals surface area contributed by atoms with E-state index in [0.29, 0.717) is 11.9 Å². The number of carbonyl (C=O) groups is 1. The maximum atomic E-state index is 13.1. The molecule has 8 heteroatoms. The van der Waals surface area contributed by atoms with E-state index in [4.69, 9.17) is 4.84 Å². The predicted molar refractivity (Wildman–Crippen MR) is 119 cm³/mol. The number of pyridine rings is 1. The lowest BCUT2D eigenvalue weighted by atomic mass is 10.1. The molecule has 0 aliphatic rings. The van der Waals surface area contributed by atoms with E-state index in [1.54, 1.807) is 18.3 Å². The molecule has 0 radical (unpaired) electrons. The molecule has 0 saturated carbocycles. The molecule has 164 valence electrons. The monoisotopic (exact) mass is 441 g/mol. The summed E-state index contributed by atoms with van der Waals surface area (Å²) in [6, 6.07) is 17.5. The fourth-order valence-corrected chi connectivity index (χ4v) is 4.72. The number of hydroxylamine groups is 1. The van der Waals surface area contributed by atoms with Crippen molar-refractivity contribution in [3.05, 3.63) is 72.4 Å². The average Bonchev–Trinajstić information content (AvgIpc) is 2.77. The summed E-state index contributed by atoms with van der Waals surface area (Å²) >= 11 is 0. The Morgan fingerprint density at radius 1 is 1.06 bits per heavy atom. The first-order chi connectivity index (χ1) is 15.0. The average molecular weight is 442 g/mol. The van der Waals surface area contributed by atoms with E-state index in [-0.39, 0.29) is 23.8 Å². The summed E-state index contributed by atoms with van der Waals surface area (Å²) in [4.78, 5) is 22.0.